The molecule has 0 radical (unpaired) electrons. The van der Waals surface area contributed by atoms with Crippen LogP contribution in [0, 0.1) is 11.7 Å². The highest BCUT2D eigenvalue weighted by Crippen LogP contribution is 2.35. The average molecular weight is 291 g/mol. The highest BCUT2D eigenvalue weighted by molar-refractivity contribution is 7.15. The normalized spacial score (nSPS) is 12.8. The molecule has 2 rings (SSSR count). The molecule has 1 nitrogen and oxygen atoms in total. The largest absolute Gasteiger partial charge is 0.309 e. The first kappa shape index (κ1) is 15.2. The number of hydrogen-bond acceptors (Lipinski definition) is 2. The van der Waals surface area contributed by atoms with Gasteiger partial charge in [0.2, 0.25) is 0 Å². The first-order chi connectivity index (χ1) is 9.63. The lowest BCUT2D eigenvalue weighted by atomic mass is 10.0. The van der Waals surface area contributed by atoms with Gasteiger partial charge in [0, 0.05) is 21.4 Å². The van der Waals surface area contributed by atoms with E-state index in [9.17, 15) is 4.39 Å². The van der Waals surface area contributed by atoms with Gasteiger partial charge in [-0.15, -0.1) is 11.3 Å². The van der Waals surface area contributed by atoms with Crippen LogP contribution in [0.4, 0.5) is 4.39 Å². The van der Waals surface area contributed by atoms with Gasteiger partial charge in [-0.3, -0.25) is 0 Å². The molecule has 108 valence electrons. The van der Waals surface area contributed by atoms with Crippen LogP contribution in [0.3, 0.4) is 0 Å². The minimum absolute atomic E-state index is 0.150. The van der Waals surface area contributed by atoms with Crippen LogP contribution in [0.1, 0.15) is 38.1 Å². The summed E-state index contributed by atoms with van der Waals surface area (Å²) in [6.07, 6.45) is 1.12. The van der Waals surface area contributed by atoms with Crippen LogP contribution in [-0.4, -0.2) is 6.54 Å². The van der Waals surface area contributed by atoms with Gasteiger partial charge in [0.05, 0.1) is 0 Å². The molecular formula is C17H22FNS. The van der Waals surface area contributed by atoms with E-state index in [0.717, 1.165) is 17.8 Å². The molecule has 1 aromatic carbocycles. The molecule has 2 aromatic rings. The Morgan fingerprint density at radius 3 is 2.55 bits per heavy atom. The Kier molecular flexibility index (Phi) is 5.32. The zero-order chi connectivity index (χ0) is 14.5. The first-order valence-electron chi connectivity index (χ1n) is 7.21. The second-order valence-electron chi connectivity index (χ2n) is 5.36. The van der Waals surface area contributed by atoms with Crippen LogP contribution < -0.4 is 5.32 Å². The molecule has 1 heterocycles. The number of hydrogen-bond donors (Lipinski definition) is 1. The van der Waals surface area contributed by atoms with Crippen molar-refractivity contribution in [3.63, 3.8) is 0 Å². The van der Waals surface area contributed by atoms with Gasteiger partial charge in [0.25, 0.3) is 0 Å². The van der Waals surface area contributed by atoms with Crippen LogP contribution in [-0.2, 0) is 0 Å². The maximum atomic E-state index is 13.8. The van der Waals surface area contributed by atoms with Crippen molar-refractivity contribution in [3.8, 4) is 10.4 Å². The number of nitrogens with one attached hydrogen (secondary N) is 1. The third-order valence-corrected chi connectivity index (χ3v) is 4.56. The van der Waals surface area contributed by atoms with E-state index in [1.807, 2.05) is 18.2 Å². The van der Waals surface area contributed by atoms with E-state index in [2.05, 4.69) is 32.2 Å². The Morgan fingerprint density at radius 1 is 1.15 bits per heavy atom. The summed E-state index contributed by atoms with van der Waals surface area (Å²) in [5, 5.41) is 3.58. The molecule has 20 heavy (non-hydrogen) atoms. The van der Waals surface area contributed by atoms with Crippen molar-refractivity contribution in [1.29, 1.82) is 0 Å². The molecule has 0 spiro atoms. The smallest absolute Gasteiger partial charge is 0.131 e. The molecule has 1 aromatic heterocycles. The van der Waals surface area contributed by atoms with E-state index in [1.54, 1.807) is 17.4 Å². The zero-order valence-electron chi connectivity index (χ0n) is 12.3. The lowest BCUT2D eigenvalue weighted by Crippen LogP contribution is -2.25. The Labute approximate surface area is 124 Å². The molecule has 0 fully saturated rings. The highest BCUT2D eigenvalue weighted by Gasteiger charge is 2.18. The maximum Gasteiger partial charge on any atom is 0.131 e. The zero-order valence-corrected chi connectivity index (χ0v) is 13.1. The molecule has 0 aliphatic carbocycles. The Hall–Kier alpha value is -1.19. The second kappa shape index (κ2) is 7.00. The Morgan fingerprint density at radius 2 is 1.90 bits per heavy atom. The van der Waals surface area contributed by atoms with E-state index in [-0.39, 0.29) is 5.82 Å². The van der Waals surface area contributed by atoms with Gasteiger partial charge in [-0.1, -0.05) is 39.0 Å². The van der Waals surface area contributed by atoms with Crippen molar-refractivity contribution in [2.45, 2.75) is 33.2 Å². The molecule has 0 aliphatic heterocycles. The van der Waals surface area contributed by atoms with E-state index in [4.69, 9.17) is 0 Å². The van der Waals surface area contributed by atoms with Crippen LogP contribution in [0.15, 0.2) is 36.4 Å². The van der Waals surface area contributed by atoms with Gasteiger partial charge in [-0.25, -0.2) is 4.39 Å². The van der Waals surface area contributed by atoms with Crippen LogP contribution in [0.25, 0.3) is 10.4 Å². The van der Waals surface area contributed by atoms with Crippen LogP contribution in [0.2, 0.25) is 0 Å². The molecular weight excluding hydrogens is 269 g/mol. The maximum absolute atomic E-state index is 13.8. The van der Waals surface area contributed by atoms with Crippen LogP contribution >= 0.6 is 11.3 Å². The molecule has 0 saturated carbocycles. The second-order valence-corrected chi connectivity index (χ2v) is 6.47. The van der Waals surface area contributed by atoms with E-state index in [0.29, 0.717) is 17.5 Å². The fraction of sp³-hybridized carbons (Fsp3) is 0.412. The number of rotatable bonds is 6. The topological polar surface area (TPSA) is 12.0 Å². The summed E-state index contributed by atoms with van der Waals surface area (Å²) in [5.74, 6) is 0.372. The third kappa shape index (κ3) is 3.47. The molecule has 0 aliphatic rings. The average Bonchev–Trinajstić information content (AvgIpc) is 2.88. The van der Waals surface area contributed by atoms with Gasteiger partial charge in [-0.2, -0.15) is 0 Å². The lowest BCUT2D eigenvalue weighted by molar-refractivity contribution is 0.418. The first-order valence-corrected chi connectivity index (χ1v) is 8.03. The number of benzene rings is 1. The number of halogens is 1. The summed E-state index contributed by atoms with van der Waals surface area (Å²) >= 11 is 1.68. The summed E-state index contributed by atoms with van der Waals surface area (Å²) in [6, 6.07) is 11.5. The van der Waals surface area contributed by atoms with Crippen molar-refractivity contribution in [2.75, 3.05) is 6.54 Å². The predicted molar refractivity (Wildman–Crippen MR) is 85.6 cm³/mol. The molecule has 0 amide bonds. The molecule has 1 N–H and O–H groups in total. The van der Waals surface area contributed by atoms with Gasteiger partial charge >= 0.3 is 0 Å². The van der Waals surface area contributed by atoms with E-state index < -0.39 is 0 Å². The van der Waals surface area contributed by atoms with E-state index >= 15 is 0 Å². The van der Waals surface area contributed by atoms with Gasteiger partial charge < -0.3 is 5.32 Å². The summed E-state index contributed by atoms with van der Waals surface area (Å²) in [7, 11) is 0. The Bertz CT molecular complexity index is 547. The van der Waals surface area contributed by atoms with Crippen molar-refractivity contribution in [2.24, 2.45) is 5.92 Å². The highest BCUT2D eigenvalue weighted by atomic mass is 32.1. The molecule has 1 atom stereocenters. The monoisotopic (exact) mass is 291 g/mol. The summed E-state index contributed by atoms with van der Waals surface area (Å²) in [5.41, 5.74) is 0.696. The van der Waals surface area contributed by atoms with Crippen molar-refractivity contribution >= 4 is 11.3 Å². The summed E-state index contributed by atoms with van der Waals surface area (Å²) in [4.78, 5) is 2.29. The SMILES string of the molecule is CCCNC(c1ccc(-c2ccccc2F)s1)C(C)C. The molecule has 3 heteroatoms. The Balaban J connectivity index is 2.25. The minimum Gasteiger partial charge on any atom is -0.309 e. The fourth-order valence-corrected chi connectivity index (χ4v) is 3.57. The summed E-state index contributed by atoms with van der Waals surface area (Å²) < 4.78 is 13.8. The van der Waals surface area contributed by atoms with Crippen molar-refractivity contribution < 1.29 is 4.39 Å². The molecule has 0 bridgehead atoms. The van der Waals surface area contributed by atoms with E-state index in [1.165, 1.54) is 10.9 Å². The standard InChI is InChI=1S/C17H22FNS/c1-4-11-19-17(12(2)3)16-10-9-15(20-16)13-7-5-6-8-14(13)18/h5-10,12,17,19H,4,11H2,1-3H3. The van der Waals surface area contributed by atoms with Gasteiger partial charge in [0.1, 0.15) is 5.82 Å². The third-order valence-electron chi connectivity index (χ3n) is 3.35. The number of thiophene rings is 1. The predicted octanol–water partition coefficient (Wildman–Crippen LogP) is 5.25. The van der Waals surface area contributed by atoms with Crippen molar-refractivity contribution in [3.05, 3.63) is 47.1 Å². The minimum atomic E-state index is -0.150. The van der Waals surface area contributed by atoms with Gasteiger partial charge in [0.15, 0.2) is 0 Å². The quantitative estimate of drug-likeness (QED) is 0.766. The fourth-order valence-electron chi connectivity index (χ4n) is 2.29. The van der Waals surface area contributed by atoms with Gasteiger partial charge in [-0.05, 0) is 37.1 Å². The lowest BCUT2D eigenvalue weighted by Gasteiger charge is -2.20. The summed E-state index contributed by atoms with van der Waals surface area (Å²) in [6.45, 7) is 7.62. The van der Waals surface area contributed by atoms with Crippen LogP contribution in [0.5, 0.6) is 0 Å². The molecule has 1 unspecified atom stereocenters. The van der Waals surface area contributed by atoms with Crippen molar-refractivity contribution in [1.82, 2.24) is 5.32 Å². The molecule has 0 saturated heterocycles.